The summed E-state index contributed by atoms with van der Waals surface area (Å²) in [7, 11) is 0. The van der Waals surface area contributed by atoms with Crippen molar-refractivity contribution in [3.05, 3.63) is 59.9 Å². The molecule has 3 rings (SSSR count). The number of aryl methyl sites for hydroxylation is 1. The number of aliphatic hydroxyl groups is 1. The van der Waals surface area contributed by atoms with E-state index < -0.39 is 6.10 Å². The number of likely N-dealkylation sites (tertiary alicyclic amines) is 1. The number of nitrogens with zero attached hydrogens (tertiary/aromatic N) is 2. The molecule has 2 heterocycles. The molecule has 0 spiro atoms. The number of aromatic nitrogens is 1. The van der Waals surface area contributed by atoms with Crippen LogP contribution in [0.4, 0.5) is 0 Å². The maximum Gasteiger partial charge on any atom is 0.260 e. The highest BCUT2D eigenvalue weighted by Crippen LogP contribution is 2.21. The molecule has 24 heavy (non-hydrogen) atoms. The molecule has 1 fully saturated rings. The van der Waals surface area contributed by atoms with Crippen molar-refractivity contribution < 1.29 is 14.6 Å². The first-order valence-electron chi connectivity index (χ1n) is 8.16. The van der Waals surface area contributed by atoms with Gasteiger partial charge in [-0.05, 0) is 43.2 Å². The van der Waals surface area contributed by atoms with Crippen molar-refractivity contribution in [2.24, 2.45) is 5.92 Å². The van der Waals surface area contributed by atoms with Gasteiger partial charge in [-0.25, -0.2) is 0 Å². The summed E-state index contributed by atoms with van der Waals surface area (Å²) < 4.78 is 5.54. The molecule has 5 heteroatoms. The fourth-order valence-electron chi connectivity index (χ4n) is 2.95. The van der Waals surface area contributed by atoms with E-state index in [-0.39, 0.29) is 18.4 Å². The van der Waals surface area contributed by atoms with Gasteiger partial charge >= 0.3 is 0 Å². The molecule has 1 aliphatic heterocycles. The highest BCUT2D eigenvalue weighted by molar-refractivity contribution is 5.78. The van der Waals surface area contributed by atoms with E-state index in [1.54, 1.807) is 17.3 Å². The lowest BCUT2D eigenvalue weighted by molar-refractivity contribution is -0.132. The second kappa shape index (κ2) is 7.45. The van der Waals surface area contributed by atoms with Gasteiger partial charge in [-0.1, -0.05) is 17.7 Å². The Labute approximate surface area is 141 Å². The van der Waals surface area contributed by atoms with Crippen molar-refractivity contribution in [2.45, 2.75) is 19.4 Å². The van der Waals surface area contributed by atoms with Crippen molar-refractivity contribution >= 4 is 5.91 Å². The molecule has 2 aromatic rings. The summed E-state index contributed by atoms with van der Waals surface area (Å²) in [5, 5.41) is 10.2. The third-order valence-electron chi connectivity index (χ3n) is 4.39. The van der Waals surface area contributed by atoms with Crippen LogP contribution < -0.4 is 4.74 Å². The Morgan fingerprint density at radius 1 is 1.21 bits per heavy atom. The quantitative estimate of drug-likeness (QED) is 0.910. The standard InChI is InChI=1S/C19H22N2O3/c1-14-2-4-17(5-3-14)24-13-19(23)21-11-16(18(22)12-21)10-15-6-8-20-9-7-15/h2-9,16,18,22H,10-13H2,1H3. The van der Waals surface area contributed by atoms with Crippen LogP contribution in [0.2, 0.25) is 0 Å². The van der Waals surface area contributed by atoms with Crippen LogP contribution in [0.3, 0.4) is 0 Å². The van der Waals surface area contributed by atoms with E-state index in [0.717, 1.165) is 17.5 Å². The van der Waals surface area contributed by atoms with E-state index in [9.17, 15) is 9.90 Å². The number of rotatable bonds is 5. The summed E-state index contributed by atoms with van der Waals surface area (Å²) in [5.74, 6) is 0.643. The fourth-order valence-corrected chi connectivity index (χ4v) is 2.95. The highest BCUT2D eigenvalue weighted by atomic mass is 16.5. The number of aliphatic hydroxyl groups excluding tert-OH is 1. The molecule has 1 aromatic carbocycles. The predicted octanol–water partition coefficient (Wildman–Crippen LogP) is 1.83. The summed E-state index contributed by atoms with van der Waals surface area (Å²) in [5.41, 5.74) is 2.27. The molecule has 5 nitrogen and oxygen atoms in total. The lowest BCUT2D eigenvalue weighted by atomic mass is 9.97. The van der Waals surface area contributed by atoms with Crippen LogP contribution in [0.1, 0.15) is 11.1 Å². The van der Waals surface area contributed by atoms with Crippen molar-refractivity contribution in [1.29, 1.82) is 0 Å². The van der Waals surface area contributed by atoms with E-state index in [0.29, 0.717) is 18.8 Å². The molecular formula is C19H22N2O3. The van der Waals surface area contributed by atoms with E-state index >= 15 is 0 Å². The molecule has 1 aromatic heterocycles. The first-order valence-corrected chi connectivity index (χ1v) is 8.16. The Morgan fingerprint density at radius 2 is 1.92 bits per heavy atom. The van der Waals surface area contributed by atoms with Gasteiger partial charge in [0, 0.05) is 31.4 Å². The van der Waals surface area contributed by atoms with Gasteiger partial charge < -0.3 is 14.7 Å². The van der Waals surface area contributed by atoms with Crippen LogP contribution in [0, 0.1) is 12.8 Å². The van der Waals surface area contributed by atoms with Gasteiger partial charge in [0.25, 0.3) is 5.91 Å². The SMILES string of the molecule is Cc1ccc(OCC(=O)N2CC(O)C(Cc3ccncc3)C2)cc1. The van der Waals surface area contributed by atoms with Crippen LogP contribution in [0.5, 0.6) is 5.75 Å². The van der Waals surface area contributed by atoms with Crippen molar-refractivity contribution in [2.75, 3.05) is 19.7 Å². The molecule has 1 N–H and O–H groups in total. The molecule has 0 saturated carbocycles. The van der Waals surface area contributed by atoms with Gasteiger partial charge in [0.1, 0.15) is 5.75 Å². The number of carbonyl (C=O) groups excluding carboxylic acids is 1. The molecule has 126 valence electrons. The summed E-state index contributed by atoms with van der Waals surface area (Å²) in [6.07, 6.45) is 3.73. The average molecular weight is 326 g/mol. The van der Waals surface area contributed by atoms with E-state index in [2.05, 4.69) is 4.98 Å². The van der Waals surface area contributed by atoms with Crippen molar-refractivity contribution in [3.8, 4) is 5.75 Å². The smallest absolute Gasteiger partial charge is 0.260 e. The summed E-state index contributed by atoms with van der Waals surface area (Å²) in [4.78, 5) is 18.0. The van der Waals surface area contributed by atoms with Crippen LogP contribution in [0.15, 0.2) is 48.8 Å². The minimum absolute atomic E-state index is 0.00222. The minimum Gasteiger partial charge on any atom is -0.484 e. The summed E-state index contributed by atoms with van der Waals surface area (Å²) >= 11 is 0. The average Bonchev–Trinajstić information content (AvgIpc) is 2.96. The molecule has 1 aliphatic rings. The number of amides is 1. The van der Waals surface area contributed by atoms with Crippen LogP contribution >= 0.6 is 0 Å². The van der Waals surface area contributed by atoms with Gasteiger partial charge in [0.2, 0.25) is 0 Å². The third-order valence-corrected chi connectivity index (χ3v) is 4.39. The number of hydrogen-bond donors (Lipinski definition) is 1. The summed E-state index contributed by atoms with van der Waals surface area (Å²) in [6, 6.07) is 11.5. The summed E-state index contributed by atoms with van der Waals surface area (Å²) in [6.45, 7) is 2.92. The first-order chi connectivity index (χ1) is 11.6. The number of pyridine rings is 1. The molecule has 0 radical (unpaired) electrons. The van der Waals surface area contributed by atoms with E-state index in [1.165, 1.54) is 0 Å². The van der Waals surface area contributed by atoms with Crippen molar-refractivity contribution in [3.63, 3.8) is 0 Å². The maximum atomic E-state index is 12.3. The number of benzene rings is 1. The van der Waals surface area contributed by atoms with Crippen LogP contribution in [-0.2, 0) is 11.2 Å². The zero-order chi connectivity index (χ0) is 16.9. The molecular weight excluding hydrogens is 304 g/mol. The zero-order valence-electron chi connectivity index (χ0n) is 13.8. The van der Waals surface area contributed by atoms with Gasteiger partial charge in [-0.15, -0.1) is 0 Å². The lowest BCUT2D eigenvalue weighted by Crippen LogP contribution is -2.33. The van der Waals surface area contributed by atoms with Gasteiger partial charge in [0.05, 0.1) is 6.10 Å². The second-order valence-corrected chi connectivity index (χ2v) is 6.29. The highest BCUT2D eigenvalue weighted by Gasteiger charge is 2.33. The fraction of sp³-hybridized carbons (Fsp3) is 0.368. The first kappa shape index (κ1) is 16.5. The van der Waals surface area contributed by atoms with Crippen LogP contribution in [0.25, 0.3) is 0 Å². The third kappa shape index (κ3) is 4.11. The van der Waals surface area contributed by atoms with E-state index in [4.69, 9.17) is 4.74 Å². The second-order valence-electron chi connectivity index (χ2n) is 6.29. The van der Waals surface area contributed by atoms with Crippen LogP contribution in [-0.4, -0.2) is 46.7 Å². The minimum atomic E-state index is -0.499. The molecule has 1 amide bonds. The number of carbonyl (C=O) groups is 1. The van der Waals surface area contributed by atoms with Gasteiger partial charge in [-0.2, -0.15) is 0 Å². The van der Waals surface area contributed by atoms with E-state index in [1.807, 2.05) is 43.3 Å². The number of β-amino-alcohol motifs (C(OH)–C–C–N with tert-alkyl or cyclic N) is 1. The zero-order valence-corrected chi connectivity index (χ0v) is 13.8. The lowest BCUT2D eigenvalue weighted by Gasteiger charge is -2.16. The maximum absolute atomic E-state index is 12.3. The molecule has 2 atom stereocenters. The molecule has 1 saturated heterocycles. The predicted molar refractivity (Wildman–Crippen MR) is 90.7 cm³/mol. The topological polar surface area (TPSA) is 62.7 Å². The molecule has 0 aliphatic carbocycles. The normalized spacial score (nSPS) is 20.2. The molecule has 2 unspecified atom stereocenters. The Morgan fingerprint density at radius 3 is 2.62 bits per heavy atom. The Balaban J connectivity index is 1.52. The van der Waals surface area contributed by atoms with Gasteiger partial charge in [-0.3, -0.25) is 9.78 Å². The van der Waals surface area contributed by atoms with Gasteiger partial charge in [0.15, 0.2) is 6.61 Å². The van der Waals surface area contributed by atoms with Crippen molar-refractivity contribution in [1.82, 2.24) is 9.88 Å². The Hall–Kier alpha value is -2.40. The largest absolute Gasteiger partial charge is 0.484 e. The number of ether oxygens (including phenoxy) is 1. The molecule has 0 bridgehead atoms. The Bertz CT molecular complexity index is 673. The Kier molecular flexibility index (Phi) is 5.11. The monoisotopic (exact) mass is 326 g/mol. The number of hydrogen-bond acceptors (Lipinski definition) is 4.